The molecule has 4 rings (SSSR count). The number of para-hydroxylation sites is 1. The van der Waals surface area contributed by atoms with Gasteiger partial charge in [0.25, 0.3) is 0 Å². The monoisotopic (exact) mass is 588 g/mol. The molecule has 0 unspecified atom stereocenters. The zero-order chi connectivity index (χ0) is 31.8. The van der Waals surface area contributed by atoms with Crippen molar-refractivity contribution in [2.45, 2.75) is 72.5 Å². The Morgan fingerprint density at radius 2 is 1.84 bits per heavy atom. The molecule has 0 saturated carbocycles. The fourth-order valence-corrected chi connectivity index (χ4v) is 5.33. The molecule has 1 saturated heterocycles. The second-order valence-electron chi connectivity index (χ2n) is 12.1. The van der Waals surface area contributed by atoms with E-state index in [9.17, 15) is 14.4 Å². The van der Waals surface area contributed by atoms with Crippen molar-refractivity contribution in [1.29, 1.82) is 0 Å². The molecule has 0 atom stereocenters. The molecule has 3 N–H and O–H groups in total. The first-order chi connectivity index (χ1) is 20.6. The summed E-state index contributed by atoms with van der Waals surface area (Å²) in [6.45, 7) is 13.0. The van der Waals surface area contributed by atoms with Crippen molar-refractivity contribution in [3.63, 3.8) is 0 Å². The number of aromatic amines is 1. The maximum Gasteiger partial charge on any atom is 0.222 e. The lowest BCUT2D eigenvalue weighted by molar-refractivity contribution is -0.133. The molecule has 0 spiro atoms. The van der Waals surface area contributed by atoms with Gasteiger partial charge in [-0.25, -0.2) is 0 Å². The molecule has 2 amide bonds. The van der Waals surface area contributed by atoms with Crippen LogP contribution in [-0.2, 0) is 27.5 Å². The highest BCUT2D eigenvalue weighted by molar-refractivity contribution is 5.82. The Kier molecular flexibility index (Phi) is 14.4. The third kappa shape index (κ3) is 11.6. The summed E-state index contributed by atoms with van der Waals surface area (Å²) in [6, 6.07) is 12.5. The lowest BCUT2D eigenvalue weighted by atomic mass is 9.95. The normalized spacial score (nSPS) is 13.3. The molecule has 1 fully saturated rings. The van der Waals surface area contributed by atoms with Gasteiger partial charge in [-0.2, -0.15) is 5.10 Å². The van der Waals surface area contributed by atoms with Gasteiger partial charge in [-0.1, -0.05) is 45.0 Å². The molecule has 43 heavy (non-hydrogen) atoms. The van der Waals surface area contributed by atoms with Crippen LogP contribution in [0.5, 0.6) is 0 Å². The van der Waals surface area contributed by atoms with E-state index in [2.05, 4.69) is 85.5 Å². The lowest BCUT2D eigenvalue weighted by Crippen LogP contribution is -2.42. The summed E-state index contributed by atoms with van der Waals surface area (Å²) >= 11 is 0. The number of benzene rings is 2. The van der Waals surface area contributed by atoms with E-state index in [1.165, 1.54) is 16.5 Å². The summed E-state index contributed by atoms with van der Waals surface area (Å²) in [4.78, 5) is 36.9. The van der Waals surface area contributed by atoms with Crippen molar-refractivity contribution < 1.29 is 14.4 Å². The minimum Gasteiger partial charge on any atom is -0.382 e. The number of H-pyrrole nitrogens is 1. The lowest BCUT2D eigenvalue weighted by Gasteiger charge is -2.33. The molecule has 1 aromatic heterocycles. The Hall–Kier alpha value is -4.16. The van der Waals surface area contributed by atoms with Crippen LogP contribution in [0.4, 0.5) is 5.69 Å². The van der Waals surface area contributed by atoms with Crippen LogP contribution in [-0.4, -0.2) is 71.3 Å². The van der Waals surface area contributed by atoms with Crippen molar-refractivity contribution >= 4 is 35.2 Å². The minimum absolute atomic E-state index is 0.0612. The van der Waals surface area contributed by atoms with Crippen LogP contribution in [0.2, 0.25) is 0 Å². The average molecular weight is 589 g/mol. The van der Waals surface area contributed by atoms with Gasteiger partial charge in [-0.15, -0.1) is 12.8 Å². The van der Waals surface area contributed by atoms with Crippen LogP contribution in [0.15, 0.2) is 42.6 Å². The highest BCUT2D eigenvalue weighted by Gasteiger charge is 2.22. The molecule has 2 heterocycles. The van der Waals surface area contributed by atoms with E-state index in [-0.39, 0.29) is 5.91 Å². The van der Waals surface area contributed by atoms with Crippen molar-refractivity contribution in [3.05, 3.63) is 59.3 Å². The zero-order valence-electron chi connectivity index (χ0n) is 26.4. The van der Waals surface area contributed by atoms with Crippen LogP contribution < -0.4 is 10.6 Å². The van der Waals surface area contributed by atoms with Gasteiger partial charge in [0.15, 0.2) is 0 Å². The number of hydrogen-bond donors (Lipinski definition) is 3. The quantitative estimate of drug-likeness (QED) is 0.217. The third-order valence-corrected chi connectivity index (χ3v) is 7.22. The highest BCUT2D eigenvalue weighted by atomic mass is 16.2. The first kappa shape index (κ1) is 35.0. The van der Waals surface area contributed by atoms with Crippen LogP contribution in [0.1, 0.15) is 63.1 Å². The Bertz CT molecular complexity index is 1320. The van der Waals surface area contributed by atoms with E-state index >= 15 is 0 Å². The van der Waals surface area contributed by atoms with Crippen LogP contribution in [0, 0.1) is 25.2 Å². The van der Waals surface area contributed by atoms with E-state index in [4.69, 9.17) is 0 Å². The summed E-state index contributed by atoms with van der Waals surface area (Å²) in [5.74, 6) is 0.0612. The number of terminal acetylenes is 1. The number of fused-ring (bicyclic) bond motifs is 1. The predicted octanol–water partition coefficient (Wildman–Crippen LogP) is 4.91. The smallest absolute Gasteiger partial charge is 0.222 e. The van der Waals surface area contributed by atoms with E-state index in [1.54, 1.807) is 0 Å². The number of carbonyl (C=O) groups excluding carboxylic acids is 3. The Morgan fingerprint density at radius 3 is 2.49 bits per heavy atom. The highest BCUT2D eigenvalue weighted by Crippen LogP contribution is 2.24. The first-order valence-corrected chi connectivity index (χ1v) is 14.8. The molecule has 1 aliphatic heterocycles. The van der Waals surface area contributed by atoms with Gasteiger partial charge in [-0.05, 0) is 61.1 Å². The molecule has 2 aromatic carbocycles. The summed E-state index contributed by atoms with van der Waals surface area (Å²) in [5.41, 5.74) is 6.24. The Labute approximate surface area is 256 Å². The van der Waals surface area contributed by atoms with Crippen LogP contribution in [0.25, 0.3) is 10.9 Å². The second-order valence-corrected chi connectivity index (χ2v) is 12.1. The Balaban J connectivity index is 0.000000291. The van der Waals surface area contributed by atoms with Crippen molar-refractivity contribution in [2.75, 3.05) is 32.0 Å². The summed E-state index contributed by atoms with van der Waals surface area (Å²) in [5, 5.41) is 14.6. The summed E-state index contributed by atoms with van der Waals surface area (Å²) < 4.78 is 0. The number of hydrogen-bond acceptors (Lipinski definition) is 6. The van der Waals surface area contributed by atoms with Crippen molar-refractivity contribution in [1.82, 2.24) is 25.3 Å². The predicted molar refractivity (Wildman–Crippen MR) is 174 cm³/mol. The number of nitrogens with zero attached hydrogens (tertiary/aromatic N) is 3. The largest absolute Gasteiger partial charge is 0.382 e. The van der Waals surface area contributed by atoms with Gasteiger partial charge in [0.05, 0.1) is 11.7 Å². The van der Waals surface area contributed by atoms with Gasteiger partial charge in [0.1, 0.15) is 6.29 Å². The van der Waals surface area contributed by atoms with Crippen molar-refractivity contribution in [3.8, 4) is 12.8 Å². The number of nitrogens with one attached hydrogen (secondary N) is 3. The minimum atomic E-state index is 0.0612. The summed E-state index contributed by atoms with van der Waals surface area (Å²) in [7, 11) is 2.18. The number of carbonyl (C=O) groups is 3. The molecule has 0 aliphatic carbocycles. The maximum absolute atomic E-state index is 11.9. The molecule has 0 bridgehead atoms. The van der Waals surface area contributed by atoms with E-state index in [1.807, 2.05) is 35.4 Å². The van der Waals surface area contributed by atoms with Gasteiger partial charge < -0.3 is 25.2 Å². The van der Waals surface area contributed by atoms with Crippen LogP contribution in [0.3, 0.4) is 0 Å². The Morgan fingerprint density at radius 1 is 1.14 bits per heavy atom. The SMILES string of the molecule is C#C.Cc1ccc2[nH]ncc2c1CN(C)CC(C)(C)C.O=CCCC(=O)N1CCC(Nc2ccccc2CNC=O)CC1. The molecule has 232 valence electrons. The van der Waals surface area contributed by atoms with Gasteiger partial charge >= 0.3 is 0 Å². The maximum atomic E-state index is 11.9. The number of anilines is 1. The fraction of sp³-hybridized carbons (Fsp3) is 0.471. The number of likely N-dealkylation sites (tertiary alicyclic amines) is 1. The third-order valence-electron chi connectivity index (χ3n) is 7.22. The first-order valence-electron chi connectivity index (χ1n) is 14.8. The topological polar surface area (TPSA) is 110 Å². The average Bonchev–Trinajstić information content (AvgIpc) is 3.47. The molecule has 9 nitrogen and oxygen atoms in total. The standard InChI is InChI=1S/C17H23N3O3.C15H23N3.C2H2/c21-11-3-6-17(23)20-9-7-15(8-10-20)19-16-5-2-1-4-14(16)12-18-13-22;1-11-6-7-14-12(8-16-17-14)13(11)9-18(5)10-15(2,3)4;1-2/h1-2,4-5,11,13,15,19H,3,6-10,12H2,(H,18,22);6-8H,9-10H2,1-5H3,(H,16,17);1-2H. The van der Waals surface area contributed by atoms with E-state index in [0.717, 1.165) is 49.0 Å². The van der Waals surface area contributed by atoms with Crippen LogP contribution >= 0.6 is 0 Å². The molecular weight excluding hydrogens is 540 g/mol. The molecule has 3 aromatic rings. The van der Waals surface area contributed by atoms with Gasteiger partial charge in [-0.3, -0.25) is 14.7 Å². The number of rotatable bonds is 11. The summed E-state index contributed by atoms with van der Waals surface area (Å²) in [6.07, 6.45) is 13.8. The number of piperidine rings is 1. The van der Waals surface area contributed by atoms with E-state index in [0.29, 0.717) is 50.3 Å². The second kappa shape index (κ2) is 17.7. The number of aromatic nitrogens is 2. The number of aryl methyl sites for hydroxylation is 1. The van der Waals surface area contributed by atoms with Gasteiger partial charge in [0, 0.05) is 62.7 Å². The molecule has 9 heteroatoms. The zero-order valence-corrected chi connectivity index (χ0v) is 26.4. The fourth-order valence-electron chi connectivity index (χ4n) is 5.33. The number of aldehydes is 1. The molecular formula is C34H48N6O3. The van der Waals surface area contributed by atoms with E-state index < -0.39 is 0 Å². The number of amides is 2. The van der Waals surface area contributed by atoms with Gasteiger partial charge in [0.2, 0.25) is 12.3 Å². The van der Waals surface area contributed by atoms with Crippen molar-refractivity contribution in [2.24, 2.45) is 5.41 Å². The molecule has 1 aliphatic rings. The molecule has 0 radical (unpaired) electrons.